The third-order valence-electron chi connectivity index (χ3n) is 4.20. The van der Waals surface area contributed by atoms with E-state index in [1.54, 1.807) is 55.5 Å². The molecule has 0 saturated carbocycles. The molecule has 0 bridgehead atoms. The summed E-state index contributed by atoms with van der Waals surface area (Å²) < 4.78 is 32.6. The summed E-state index contributed by atoms with van der Waals surface area (Å²) in [6, 6.07) is 17.5. The highest BCUT2D eigenvalue weighted by Gasteiger charge is 2.17. The molecule has 3 aromatic rings. The summed E-state index contributed by atoms with van der Waals surface area (Å²) in [4.78, 5) is 12.5. The van der Waals surface area contributed by atoms with Crippen LogP contribution in [-0.4, -0.2) is 20.4 Å². The van der Waals surface area contributed by atoms with E-state index in [4.69, 9.17) is 9.68 Å². The van der Waals surface area contributed by atoms with Gasteiger partial charge in [0, 0.05) is 11.4 Å². The van der Waals surface area contributed by atoms with E-state index in [1.807, 2.05) is 6.07 Å². The fourth-order valence-electron chi connectivity index (χ4n) is 2.65. The van der Waals surface area contributed by atoms with Crippen LogP contribution in [0.25, 0.3) is 0 Å². The number of nitrogens with zero attached hydrogens (tertiary/aromatic N) is 1. The molecule has 0 unspecified atom stereocenters. The first-order valence-corrected chi connectivity index (χ1v) is 10.6. The van der Waals surface area contributed by atoms with Crippen LogP contribution in [0.4, 0.5) is 11.4 Å². The van der Waals surface area contributed by atoms with E-state index in [0.29, 0.717) is 22.7 Å². The number of amides is 1. The first-order chi connectivity index (χ1) is 14.4. The molecule has 0 aliphatic rings. The standard InChI is InChI=1S/C21H20N4O4S/c1-15(21(26)25-17-6-2-5-16(11-17)13-22)24-18-7-3-9-20(12-18)30(27,28)23-14-19-8-4-10-29-19/h2-12,15,23-24H,14H2,1H3,(H,25,26)/t15-/m1/s1. The fraction of sp³-hybridized carbons (Fsp3) is 0.143. The van der Waals surface area contributed by atoms with Crippen LogP contribution in [0.2, 0.25) is 0 Å². The van der Waals surface area contributed by atoms with Crippen LogP contribution in [0.5, 0.6) is 0 Å². The van der Waals surface area contributed by atoms with Gasteiger partial charge in [-0.1, -0.05) is 12.1 Å². The second-order valence-electron chi connectivity index (χ2n) is 6.48. The summed E-state index contributed by atoms with van der Waals surface area (Å²) in [5.74, 6) is 0.174. The number of hydrogen-bond donors (Lipinski definition) is 3. The summed E-state index contributed by atoms with van der Waals surface area (Å²) in [6.45, 7) is 1.69. The number of sulfonamides is 1. The Morgan fingerprint density at radius 2 is 1.87 bits per heavy atom. The Morgan fingerprint density at radius 3 is 2.60 bits per heavy atom. The number of hydrogen-bond acceptors (Lipinski definition) is 6. The van der Waals surface area contributed by atoms with E-state index in [1.165, 1.54) is 18.4 Å². The molecule has 8 nitrogen and oxygen atoms in total. The molecule has 2 aromatic carbocycles. The topological polar surface area (TPSA) is 124 Å². The summed E-state index contributed by atoms with van der Waals surface area (Å²) >= 11 is 0. The van der Waals surface area contributed by atoms with Crippen molar-refractivity contribution < 1.29 is 17.6 Å². The molecular weight excluding hydrogens is 404 g/mol. The maximum Gasteiger partial charge on any atom is 0.246 e. The van der Waals surface area contributed by atoms with Crippen molar-refractivity contribution in [2.24, 2.45) is 0 Å². The third-order valence-corrected chi connectivity index (χ3v) is 5.60. The Bertz CT molecular complexity index is 1170. The minimum atomic E-state index is -3.75. The number of benzene rings is 2. The quantitative estimate of drug-likeness (QED) is 0.510. The molecule has 1 amide bonds. The second kappa shape index (κ2) is 9.26. The molecule has 3 N–H and O–H groups in total. The Kier molecular flexibility index (Phi) is 6.51. The van der Waals surface area contributed by atoms with Crippen molar-refractivity contribution in [3.8, 4) is 6.07 Å². The number of anilines is 2. The molecular formula is C21H20N4O4S. The average molecular weight is 424 g/mol. The van der Waals surface area contributed by atoms with Gasteiger partial charge in [0.2, 0.25) is 15.9 Å². The summed E-state index contributed by atoms with van der Waals surface area (Å²) in [5, 5.41) is 14.7. The Morgan fingerprint density at radius 1 is 1.10 bits per heavy atom. The van der Waals surface area contributed by atoms with Gasteiger partial charge in [0.05, 0.1) is 29.3 Å². The molecule has 30 heavy (non-hydrogen) atoms. The van der Waals surface area contributed by atoms with Crippen molar-refractivity contribution in [1.29, 1.82) is 5.26 Å². The van der Waals surface area contributed by atoms with E-state index >= 15 is 0 Å². The maximum atomic E-state index is 12.5. The number of nitriles is 1. The van der Waals surface area contributed by atoms with Crippen molar-refractivity contribution >= 4 is 27.3 Å². The Hall–Kier alpha value is -3.61. The number of furan rings is 1. The van der Waals surface area contributed by atoms with E-state index < -0.39 is 16.1 Å². The zero-order valence-electron chi connectivity index (χ0n) is 16.1. The molecule has 3 rings (SSSR count). The SMILES string of the molecule is C[C@@H](Nc1cccc(S(=O)(=O)NCc2ccco2)c1)C(=O)Nc1cccc(C#N)c1. The first-order valence-electron chi connectivity index (χ1n) is 9.07. The van der Waals surface area contributed by atoms with Crippen molar-refractivity contribution in [2.45, 2.75) is 24.4 Å². The number of carbonyl (C=O) groups is 1. The molecule has 154 valence electrons. The third kappa shape index (κ3) is 5.47. The van der Waals surface area contributed by atoms with Crippen LogP contribution in [0.15, 0.2) is 76.2 Å². The lowest BCUT2D eigenvalue weighted by molar-refractivity contribution is -0.116. The van der Waals surface area contributed by atoms with Gasteiger partial charge >= 0.3 is 0 Å². The molecule has 9 heteroatoms. The van der Waals surface area contributed by atoms with Crippen LogP contribution in [0.1, 0.15) is 18.2 Å². The maximum absolute atomic E-state index is 12.5. The smallest absolute Gasteiger partial charge is 0.246 e. The first kappa shape index (κ1) is 21.1. The van der Waals surface area contributed by atoms with Crippen LogP contribution in [0, 0.1) is 11.3 Å². The fourth-order valence-corrected chi connectivity index (χ4v) is 3.69. The van der Waals surface area contributed by atoms with Gasteiger partial charge in [-0.25, -0.2) is 13.1 Å². The zero-order valence-corrected chi connectivity index (χ0v) is 16.9. The van der Waals surface area contributed by atoms with E-state index in [2.05, 4.69) is 15.4 Å². The van der Waals surface area contributed by atoms with Crippen molar-refractivity contribution in [2.75, 3.05) is 10.6 Å². The molecule has 0 saturated heterocycles. The van der Waals surface area contributed by atoms with Crippen molar-refractivity contribution in [3.05, 3.63) is 78.3 Å². The van der Waals surface area contributed by atoms with Crippen LogP contribution >= 0.6 is 0 Å². The van der Waals surface area contributed by atoms with Crippen molar-refractivity contribution in [3.63, 3.8) is 0 Å². The van der Waals surface area contributed by atoms with Crippen LogP contribution in [-0.2, 0) is 21.4 Å². The predicted octanol–water partition coefficient (Wildman–Crippen LogP) is 3.07. The van der Waals surface area contributed by atoms with Gasteiger partial charge in [-0.05, 0) is 55.5 Å². The lowest BCUT2D eigenvalue weighted by Crippen LogP contribution is -2.32. The van der Waals surface area contributed by atoms with E-state index in [-0.39, 0.29) is 17.3 Å². The molecule has 0 aliphatic heterocycles. The second-order valence-corrected chi connectivity index (χ2v) is 8.25. The monoisotopic (exact) mass is 424 g/mol. The van der Waals surface area contributed by atoms with Gasteiger partial charge < -0.3 is 15.1 Å². The molecule has 0 radical (unpaired) electrons. The summed E-state index contributed by atoms with van der Waals surface area (Å²) in [5.41, 5.74) is 1.42. The normalized spacial score (nSPS) is 12.0. The van der Waals surface area contributed by atoms with Gasteiger partial charge in [-0.15, -0.1) is 0 Å². The van der Waals surface area contributed by atoms with E-state index in [0.717, 1.165) is 0 Å². The lowest BCUT2D eigenvalue weighted by Gasteiger charge is -2.16. The number of carbonyl (C=O) groups excluding carboxylic acids is 1. The summed E-state index contributed by atoms with van der Waals surface area (Å²) in [7, 11) is -3.75. The minimum absolute atomic E-state index is 0.0353. The molecule has 1 atom stereocenters. The average Bonchev–Trinajstić information content (AvgIpc) is 3.26. The van der Waals surface area contributed by atoms with Gasteiger partial charge in [-0.2, -0.15) is 5.26 Å². The van der Waals surface area contributed by atoms with Gasteiger partial charge in [0.15, 0.2) is 0 Å². The molecule has 0 aliphatic carbocycles. The molecule has 0 fully saturated rings. The highest BCUT2D eigenvalue weighted by atomic mass is 32.2. The van der Waals surface area contributed by atoms with Gasteiger partial charge in [0.1, 0.15) is 11.8 Å². The number of nitrogens with one attached hydrogen (secondary N) is 3. The molecule has 1 aromatic heterocycles. The van der Waals surface area contributed by atoms with Crippen molar-refractivity contribution in [1.82, 2.24) is 4.72 Å². The predicted molar refractivity (Wildman–Crippen MR) is 112 cm³/mol. The largest absolute Gasteiger partial charge is 0.468 e. The zero-order chi connectivity index (χ0) is 21.6. The van der Waals surface area contributed by atoms with Gasteiger partial charge in [0.25, 0.3) is 0 Å². The van der Waals surface area contributed by atoms with Crippen LogP contribution in [0.3, 0.4) is 0 Å². The Balaban J connectivity index is 1.65. The Labute approximate surface area is 174 Å². The minimum Gasteiger partial charge on any atom is -0.468 e. The molecule has 1 heterocycles. The highest BCUT2D eigenvalue weighted by molar-refractivity contribution is 7.89. The van der Waals surface area contributed by atoms with Gasteiger partial charge in [-0.3, -0.25) is 4.79 Å². The number of rotatable bonds is 8. The lowest BCUT2D eigenvalue weighted by atomic mass is 10.2. The highest BCUT2D eigenvalue weighted by Crippen LogP contribution is 2.17. The molecule has 0 spiro atoms. The van der Waals surface area contributed by atoms with E-state index in [9.17, 15) is 13.2 Å². The summed E-state index contributed by atoms with van der Waals surface area (Å²) in [6.07, 6.45) is 1.47. The van der Waals surface area contributed by atoms with Crippen LogP contribution < -0.4 is 15.4 Å².